The second-order valence-electron chi connectivity index (χ2n) is 11.8. The molecule has 9 heteroatoms. The first-order chi connectivity index (χ1) is 18.0. The third kappa shape index (κ3) is 4.66. The molecule has 0 radical (unpaired) electrons. The van der Waals surface area contributed by atoms with E-state index in [1.54, 1.807) is 6.08 Å². The molecule has 0 bridgehead atoms. The van der Waals surface area contributed by atoms with Crippen LogP contribution in [0.3, 0.4) is 0 Å². The lowest BCUT2D eigenvalue weighted by Gasteiger charge is -2.57. The fourth-order valence-corrected chi connectivity index (χ4v) is 8.03. The number of hydrogen-bond donors (Lipinski definition) is 0. The molecule has 3 saturated carbocycles. The van der Waals surface area contributed by atoms with Crippen LogP contribution in [0.4, 0.5) is 9.59 Å². The number of Topliss-reactive ketones (excluding diaryl/α,β-unsaturated/α-hetero) is 2. The summed E-state index contributed by atoms with van der Waals surface area (Å²) >= 11 is 0. The van der Waals surface area contributed by atoms with Gasteiger partial charge >= 0.3 is 12.3 Å². The summed E-state index contributed by atoms with van der Waals surface area (Å²) in [4.78, 5) is 64.3. The Morgan fingerprint density at radius 3 is 2.47 bits per heavy atom. The monoisotopic (exact) mass is 532 g/mol. The van der Waals surface area contributed by atoms with Gasteiger partial charge in [-0.15, -0.1) is 0 Å². The lowest BCUT2D eigenvalue weighted by atomic mass is 9.46. The molecule has 4 rings (SSSR count). The Balaban J connectivity index is 1.65. The lowest BCUT2D eigenvalue weighted by Crippen LogP contribution is -2.62. The normalized spacial score (nSPS) is 35.8. The van der Waals surface area contributed by atoms with Crippen molar-refractivity contribution in [2.45, 2.75) is 90.6 Å². The smallest absolute Gasteiger partial charge is 0.438 e. The predicted octanol–water partition coefficient (Wildman–Crippen LogP) is 5.13. The molecular weight excluding hydrogens is 492 g/mol. The molecule has 3 fully saturated rings. The summed E-state index contributed by atoms with van der Waals surface area (Å²) in [7, 11) is 1.14. The number of unbranched alkanes of at least 4 members (excludes halogenated alkanes) is 2. The summed E-state index contributed by atoms with van der Waals surface area (Å²) in [6.07, 6.45) is 5.71. The molecule has 4 aliphatic carbocycles. The maximum absolute atomic E-state index is 14.0. The van der Waals surface area contributed by atoms with Crippen LogP contribution in [-0.2, 0) is 33.3 Å². The average molecular weight is 533 g/mol. The zero-order valence-electron chi connectivity index (χ0n) is 23.0. The molecule has 210 valence electrons. The van der Waals surface area contributed by atoms with Crippen LogP contribution in [0.2, 0.25) is 0 Å². The molecule has 0 heterocycles. The van der Waals surface area contributed by atoms with Gasteiger partial charge in [0.2, 0.25) is 5.78 Å². The van der Waals surface area contributed by atoms with Crippen molar-refractivity contribution in [2.24, 2.45) is 28.6 Å². The Bertz CT molecular complexity index is 1030. The third-order valence-corrected chi connectivity index (χ3v) is 9.94. The number of allylic oxidation sites excluding steroid dienone is 1. The van der Waals surface area contributed by atoms with Crippen molar-refractivity contribution in [2.75, 3.05) is 20.3 Å². The highest BCUT2D eigenvalue weighted by molar-refractivity contribution is 5.95. The summed E-state index contributed by atoms with van der Waals surface area (Å²) in [5, 5.41) is 0. The highest BCUT2D eigenvalue weighted by Gasteiger charge is 2.71. The van der Waals surface area contributed by atoms with E-state index in [9.17, 15) is 24.0 Å². The zero-order chi connectivity index (χ0) is 27.7. The fraction of sp³-hybridized carbons (Fsp3) is 0.759. The van der Waals surface area contributed by atoms with E-state index in [1.165, 1.54) is 0 Å². The van der Waals surface area contributed by atoms with E-state index in [2.05, 4.69) is 11.7 Å². The predicted molar refractivity (Wildman–Crippen MR) is 135 cm³/mol. The molecule has 0 aromatic rings. The van der Waals surface area contributed by atoms with E-state index in [0.29, 0.717) is 25.7 Å². The SMILES string of the molecule is CCCCCOC(=O)O[C@]1(C(=O)COC(=O)OC)CC[C@H]2[C@@H]3CCC4=CC(=O)CC[C@]4(C)[C@H]3C(=O)C[C@@]21C. The number of ether oxygens (including phenoxy) is 4. The minimum atomic E-state index is -1.66. The molecule has 0 aromatic heterocycles. The molecule has 0 unspecified atom stereocenters. The number of carbonyl (C=O) groups is 5. The Morgan fingerprint density at radius 2 is 1.76 bits per heavy atom. The summed E-state index contributed by atoms with van der Waals surface area (Å²) < 4.78 is 20.7. The average Bonchev–Trinajstić information content (AvgIpc) is 3.17. The van der Waals surface area contributed by atoms with Crippen LogP contribution >= 0.6 is 0 Å². The molecule has 0 saturated heterocycles. The molecule has 6 atom stereocenters. The van der Waals surface area contributed by atoms with Gasteiger partial charge in [0, 0.05) is 24.2 Å². The van der Waals surface area contributed by atoms with Gasteiger partial charge in [0.1, 0.15) is 5.78 Å². The number of carbonyl (C=O) groups excluding carboxylic acids is 5. The van der Waals surface area contributed by atoms with Gasteiger partial charge in [0.15, 0.2) is 18.0 Å². The number of methoxy groups -OCH3 is 1. The van der Waals surface area contributed by atoms with Crippen LogP contribution in [0.15, 0.2) is 11.6 Å². The number of hydrogen-bond acceptors (Lipinski definition) is 9. The molecule has 0 N–H and O–H groups in total. The van der Waals surface area contributed by atoms with Gasteiger partial charge in [-0.3, -0.25) is 14.4 Å². The minimum absolute atomic E-state index is 0.00280. The summed E-state index contributed by atoms with van der Waals surface area (Å²) in [6, 6.07) is 0. The standard InChI is InChI=1S/C29H40O9/c1-5-6-7-14-36-26(34)38-29(23(32)17-37-25(33)35-4)13-11-21-20-9-8-18-15-19(30)10-12-27(18,2)24(20)22(31)16-28(21,29)3/h15,20-21,24H,5-14,16-17H2,1-4H3/t20-,21-,24+,27-,28-,29-/m0/s1. The van der Waals surface area contributed by atoms with Gasteiger partial charge in [0.25, 0.3) is 0 Å². The zero-order valence-corrected chi connectivity index (χ0v) is 23.0. The first kappa shape index (κ1) is 28.3. The van der Waals surface area contributed by atoms with Crippen LogP contribution < -0.4 is 0 Å². The molecule has 0 aliphatic heterocycles. The number of ketones is 3. The van der Waals surface area contributed by atoms with E-state index >= 15 is 0 Å². The number of rotatable bonds is 8. The topological polar surface area (TPSA) is 122 Å². The molecular formula is C29H40O9. The Labute approximate surface area is 224 Å². The Morgan fingerprint density at radius 1 is 1.00 bits per heavy atom. The van der Waals surface area contributed by atoms with Crippen molar-refractivity contribution in [3.63, 3.8) is 0 Å². The van der Waals surface area contributed by atoms with Crippen molar-refractivity contribution in [3.8, 4) is 0 Å². The van der Waals surface area contributed by atoms with Crippen molar-refractivity contribution < 1.29 is 42.9 Å². The van der Waals surface area contributed by atoms with Gasteiger partial charge in [-0.05, 0) is 61.9 Å². The quantitative estimate of drug-likeness (QED) is 0.309. The van der Waals surface area contributed by atoms with Crippen LogP contribution in [0, 0.1) is 28.6 Å². The van der Waals surface area contributed by atoms with Gasteiger partial charge in [-0.1, -0.05) is 39.2 Å². The molecule has 4 aliphatic rings. The first-order valence-corrected chi connectivity index (χ1v) is 13.9. The number of fused-ring (bicyclic) bond motifs is 5. The minimum Gasteiger partial charge on any atom is -0.438 e. The first-order valence-electron chi connectivity index (χ1n) is 13.9. The van der Waals surface area contributed by atoms with E-state index in [1.807, 2.05) is 13.8 Å². The van der Waals surface area contributed by atoms with Gasteiger partial charge in [-0.2, -0.15) is 0 Å². The van der Waals surface area contributed by atoms with Crippen LogP contribution in [-0.4, -0.2) is 55.6 Å². The third-order valence-electron chi connectivity index (χ3n) is 9.94. The van der Waals surface area contributed by atoms with Gasteiger partial charge in [-0.25, -0.2) is 9.59 Å². The van der Waals surface area contributed by atoms with E-state index < -0.39 is 35.7 Å². The largest absolute Gasteiger partial charge is 0.509 e. The van der Waals surface area contributed by atoms with Gasteiger partial charge in [0.05, 0.1) is 13.7 Å². The molecule has 38 heavy (non-hydrogen) atoms. The van der Waals surface area contributed by atoms with Crippen molar-refractivity contribution in [1.29, 1.82) is 0 Å². The summed E-state index contributed by atoms with van der Waals surface area (Å²) in [6.45, 7) is 5.54. The van der Waals surface area contributed by atoms with E-state index in [-0.39, 0.29) is 54.2 Å². The van der Waals surface area contributed by atoms with Crippen LogP contribution in [0.25, 0.3) is 0 Å². The lowest BCUT2D eigenvalue weighted by molar-refractivity contribution is -0.175. The highest BCUT2D eigenvalue weighted by atomic mass is 16.7. The van der Waals surface area contributed by atoms with Crippen LogP contribution in [0.1, 0.15) is 85.0 Å². The summed E-state index contributed by atoms with van der Waals surface area (Å²) in [5.41, 5.74) is -1.96. The maximum atomic E-state index is 14.0. The molecule has 0 spiro atoms. The molecule has 0 amide bonds. The highest BCUT2D eigenvalue weighted by Crippen LogP contribution is 2.67. The second kappa shape index (κ2) is 10.8. The Hall–Kier alpha value is -2.71. The van der Waals surface area contributed by atoms with E-state index in [4.69, 9.17) is 14.2 Å². The molecule has 0 aromatic carbocycles. The maximum Gasteiger partial charge on any atom is 0.509 e. The van der Waals surface area contributed by atoms with Gasteiger partial charge < -0.3 is 18.9 Å². The van der Waals surface area contributed by atoms with Crippen molar-refractivity contribution in [1.82, 2.24) is 0 Å². The van der Waals surface area contributed by atoms with E-state index in [0.717, 1.165) is 38.4 Å². The Kier molecular flexibility index (Phi) is 8.05. The molecule has 9 nitrogen and oxygen atoms in total. The second-order valence-corrected chi connectivity index (χ2v) is 11.8. The summed E-state index contributed by atoms with van der Waals surface area (Å²) in [5.74, 6) is -0.731. The van der Waals surface area contributed by atoms with Crippen molar-refractivity contribution >= 4 is 29.7 Å². The fourth-order valence-electron chi connectivity index (χ4n) is 8.03. The van der Waals surface area contributed by atoms with Crippen LogP contribution in [0.5, 0.6) is 0 Å². The van der Waals surface area contributed by atoms with Crippen molar-refractivity contribution in [3.05, 3.63) is 11.6 Å².